The normalized spacial score (nSPS) is 16.9. The molecule has 0 radical (unpaired) electrons. The Balaban J connectivity index is 1.32. The molecule has 6 nitrogen and oxygen atoms in total. The highest BCUT2D eigenvalue weighted by molar-refractivity contribution is 7.89. The van der Waals surface area contributed by atoms with E-state index >= 15 is 0 Å². The second kappa shape index (κ2) is 7.93. The molecule has 1 saturated heterocycles. The van der Waals surface area contributed by atoms with Gasteiger partial charge in [0, 0.05) is 31.9 Å². The summed E-state index contributed by atoms with van der Waals surface area (Å²) in [7, 11) is -3.68. The number of hydrogen-bond donors (Lipinski definition) is 1. The number of amides is 1. The minimum absolute atomic E-state index is 0.183. The van der Waals surface area contributed by atoms with Gasteiger partial charge in [-0.25, -0.2) is 13.1 Å². The fourth-order valence-electron chi connectivity index (χ4n) is 3.92. The Hall–Kier alpha value is -2.38. The summed E-state index contributed by atoms with van der Waals surface area (Å²) < 4.78 is 27.6. The summed E-state index contributed by atoms with van der Waals surface area (Å²) in [5.74, 6) is -0.183. The fourth-order valence-corrected chi connectivity index (χ4v) is 4.94. The number of benzene rings is 2. The molecule has 2 aliphatic rings. The van der Waals surface area contributed by atoms with Crippen LogP contribution in [0.4, 0.5) is 5.69 Å². The van der Waals surface area contributed by atoms with Gasteiger partial charge in [-0.1, -0.05) is 24.3 Å². The highest BCUT2D eigenvalue weighted by Gasteiger charge is 2.24. The number of rotatable bonds is 5. The first-order valence-electron chi connectivity index (χ1n) is 9.72. The van der Waals surface area contributed by atoms with E-state index in [9.17, 15) is 13.2 Å². The minimum atomic E-state index is -3.68. The highest BCUT2D eigenvalue weighted by atomic mass is 32.2. The number of nitrogens with one attached hydrogen (secondary N) is 1. The van der Waals surface area contributed by atoms with E-state index in [2.05, 4.69) is 21.8 Å². The van der Waals surface area contributed by atoms with Crippen molar-refractivity contribution in [2.24, 2.45) is 0 Å². The zero-order chi connectivity index (χ0) is 19.6. The van der Waals surface area contributed by atoms with E-state index in [0.717, 1.165) is 43.6 Å². The molecule has 1 aliphatic heterocycles. The van der Waals surface area contributed by atoms with Gasteiger partial charge in [0.1, 0.15) is 0 Å². The average molecular weight is 400 g/mol. The second-order valence-corrected chi connectivity index (χ2v) is 9.08. The molecule has 4 rings (SSSR count). The number of fused-ring (bicyclic) bond motifs is 1. The summed E-state index contributed by atoms with van der Waals surface area (Å²) in [6.45, 7) is 2.47. The lowest BCUT2D eigenvalue weighted by Gasteiger charge is -2.36. The van der Waals surface area contributed by atoms with Crippen LogP contribution in [0.15, 0.2) is 53.4 Å². The SMILES string of the molecule is O=C(CNS(=O)(=O)c1ccc2c(c1)CCC2)N1CCN(c2ccccc2)CC1. The predicted octanol–water partition coefficient (Wildman–Crippen LogP) is 1.80. The smallest absolute Gasteiger partial charge is 0.241 e. The first kappa shape index (κ1) is 19.0. The Morgan fingerprint density at radius 3 is 2.39 bits per heavy atom. The van der Waals surface area contributed by atoms with Crippen LogP contribution in [0.5, 0.6) is 0 Å². The number of piperazine rings is 1. The van der Waals surface area contributed by atoms with Gasteiger partial charge in [0.25, 0.3) is 0 Å². The van der Waals surface area contributed by atoms with Crippen LogP contribution < -0.4 is 9.62 Å². The standard InChI is InChI=1S/C21H25N3O3S/c25-21(24-13-11-23(12-14-24)19-7-2-1-3-8-19)16-22-28(26,27)20-10-9-17-5-4-6-18(17)15-20/h1-3,7-10,15,22H,4-6,11-14,16H2. The third kappa shape index (κ3) is 4.05. The maximum atomic E-state index is 12.6. The van der Waals surface area contributed by atoms with Crippen molar-refractivity contribution in [3.05, 3.63) is 59.7 Å². The van der Waals surface area contributed by atoms with Crippen LogP contribution in [0.1, 0.15) is 17.5 Å². The largest absolute Gasteiger partial charge is 0.368 e. The monoisotopic (exact) mass is 399 g/mol. The molecule has 0 aromatic heterocycles. The van der Waals surface area contributed by atoms with Crippen molar-refractivity contribution in [1.29, 1.82) is 0 Å². The summed E-state index contributed by atoms with van der Waals surface area (Å²) in [5, 5.41) is 0. The Kier molecular flexibility index (Phi) is 5.37. The van der Waals surface area contributed by atoms with Crippen molar-refractivity contribution < 1.29 is 13.2 Å². The maximum absolute atomic E-state index is 12.6. The molecule has 2 aromatic rings. The summed E-state index contributed by atoms with van der Waals surface area (Å²) >= 11 is 0. The van der Waals surface area contributed by atoms with Crippen molar-refractivity contribution in [1.82, 2.24) is 9.62 Å². The van der Waals surface area contributed by atoms with Crippen LogP contribution in [0.2, 0.25) is 0 Å². The van der Waals surface area contributed by atoms with Crippen molar-refractivity contribution in [3.8, 4) is 0 Å². The molecule has 1 N–H and O–H groups in total. The number of para-hydroxylation sites is 1. The van der Waals surface area contributed by atoms with E-state index in [4.69, 9.17) is 0 Å². The van der Waals surface area contributed by atoms with Gasteiger partial charge >= 0.3 is 0 Å². The summed E-state index contributed by atoms with van der Waals surface area (Å²) in [5.41, 5.74) is 3.48. The molecule has 1 aliphatic carbocycles. The summed E-state index contributed by atoms with van der Waals surface area (Å²) in [4.78, 5) is 16.7. The van der Waals surface area contributed by atoms with Crippen molar-refractivity contribution >= 4 is 21.6 Å². The molecule has 7 heteroatoms. The molecular formula is C21H25N3O3S. The van der Waals surface area contributed by atoms with E-state index in [0.29, 0.717) is 13.1 Å². The van der Waals surface area contributed by atoms with Crippen LogP contribution in [0, 0.1) is 0 Å². The zero-order valence-corrected chi connectivity index (χ0v) is 16.6. The van der Waals surface area contributed by atoms with E-state index in [-0.39, 0.29) is 17.3 Å². The lowest BCUT2D eigenvalue weighted by atomic mass is 10.1. The first-order valence-corrected chi connectivity index (χ1v) is 11.2. The van der Waals surface area contributed by atoms with Crippen LogP contribution in [0.25, 0.3) is 0 Å². The average Bonchev–Trinajstić information content (AvgIpc) is 3.21. The molecular weight excluding hydrogens is 374 g/mol. The van der Waals surface area contributed by atoms with Crippen molar-refractivity contribution in [2.45, 2.75) is 24.2 Å². The molecule has 0 saturated carbocycles. The first-order chi connectivity index (χ1) is 13.5. The van der Waals surface area contributed by atoms with E-state index in [1.165, 1.54) is 5.56 Å². The fraction of sp³-hybridized carbons (Fsp3) is 0.381. The van der Waals surface area contributed by atoms with Gasteiger partial charge < -0.3 is 9.80 Å². The van der Waals surface area contributed by atoms with Gasteiger partial charge in [0.2, 0.25) is 15.9 Å². The Labute approximate surface area is 166 Å². The van der Waals surface area contributed by atoms with Crippen LogP contribution in [-0.4, -0.2) is 51.9 Å². The van der Waals surface area contributed by atoms with Gasteiger partial charge in [-0.3, -0.25) is 4.79 Å². The van der Waals surface area contributed by atoms with Crippen LogP contribution in [-0.2, 0) is 27.7 Å². The van der Waals surface area contributed by atoms with E-state index in [1.54, 1.807) is 17.0 Å². The maximum Gasteiger partial charge on any atom is 0.241 e. The summed E-state index contributed by atoms with van der Waals surface area (Å²) in [6.07, 6.45) is 3.00. The van der Waals surface area contributed by atoms with Crippen LogP contribution >= 0.6 is 0 Å². The number of carbonyl (C=O) groups excluding carboxylic acids is 1. The Bertz CT molecular complexity index is 952. The van der Waals surface area contributed by atoms with Gasteiger partial charge in [-0.15, -0.1) is 0 Å². The molecule has 1 fully saturated rings. The topological polar surface area (TPSA) is 69.7 Å². The second-order valence-electron chi connectivity index (χ2n) is 7.31. The Morgan fingerprint density at radius 1 is 0.929 bits per heavy atom. The Morgan fingerprint density at radius 2 is 1.64 bits per heavy atom. The van der Waals surface area contributed by atoms with Gasteiger partial charge in [0.05, 0.1) is 11.4 Å². The van der Waals surface area contributed by atoms with Gasteiger partial charge in [-0.05, 0) is 54.7 Å². The highest BCUT2D eigenvalue weighted by Crippen LogP contribution is 2.24. The molecule has 148 valence electrons. The molecule has 1 heterocycles. The molecule has 0 bridgehead atoms. The number of aryl methyl sites for hydroxylation is 2. The molecule has 0 unspecified atom stereocenters. The number of sulfonamides is 1. The van der Waals surface area contributed by atoms with E-state index < -0.39 is 10.0 Å². The lowest BCUT2D eigenvalue weighted by Crippen LogP contribution is -2.51. The van der Waals surface area contributed by atoms with Gasteiger partial charge in [0.15, 0.2) is 0 Å². The number of nitrogens with zero attached hydrogens (tertiary/aromatic N) is 2. The minimum Gasteiger partial charge on any atom is -0.368 e. The molecule has 0 spiro atoms. The number of hydrogen-bond acceptors (Lipinski definition) is 4. The third-order valence-corrected chi connectivity index (χ3v) is 6.95. The third-order valence-electron chi connectivity index (χ3n) is 5.55. The number of anilines is 1. The molecule has 2 aromatic carbocycles. The zero-order valence-electron chi connectivity index (χ0n) is 15.8. The van der Waals surface area contributed by atoms with Crippen LogP contribution in [0.3, 0.4) is 0 Å². The molecule has 28 heavy (non-hydrogen) atoms. The van der Waals surface area contributed by atoms with Crippen molar-refractivity contribution in [2.75, 3.05) is 37.6 Å². The van der Waals surface area contributed by atoms with E-state index in [1.807, 2.05) is 24.3 Å². The summed E-state index contributed by atoms with van der Waals surface area (Å²) in [6, 6.07) is 15.4. The van der Waals surface area contributed by atoms with Gasteiger partial charge in [-0.2, -0.15) is 0 Å². The predicted molar refractivity (Wildman–Crippen MR) is 109 cm³/mol. The molecule has 0 atom stereocenters. The molecule has 1 amide bonds. The quantitative estimate of drug-likeness (QED) is 0.833. The number of carbonyl (C=O) groups is 1. The lowest BCUT2D eigenvalue weighted by molar-refractivity contribution is -0.130. The van der Waals surface area contributed by atoms with Crippen molar-refractivity contribution in [3.63, 3.8) is 0 Å².